The number of nitrogens with zero attached hydrogens (tertiary/aromatic N) is 4. The molecule has 1 amide bonds. The Labute approximate surface area is 146 Å². The quantitative estimate of drug-likeness (QED) is 0.850. The summed E-state index contributed by atoms with van der Waals surface area (Å²) in [4.78, 5) is 23.5. The van der Waals surface area contributed by atoms with Crippen LogP contribution in [-0.2, 0) is 11.3 Å². The van der Waals surface area contributed by atoms with Crippen molar-refractivity contribution >= 4 is 5.91 Å². The van der Waals surface area contributed by atoms with Crippen molar-refractivity contribution in [3.05, 3.63) is 30.1 Å². The molecule has 0 N–H and O–H groups in total. The van der Waals surface area contributed by atoms with Gasteiger partial charge in [0, 0.05) is 51.0 Å². The number of carbonyl (C=O) groups is 1. The zero-order valence-corrected chi connectivity index (χ0v) is 15.4. The van der Waals surface area contributed by atoms with Crippen LogP contribution in [0.2, 0.25) is 0 Å². The third-order valence-corrected chi connectivity index (χ3v) is 4.91. The van der Waals surface area contributed by atoms with Gasteiger partial charge in [0.1, 0.15) is 0 Å². The Morgan fingerprint density at radius 3 is 2.21 bits per heavy atom. The molecule has 3 heterocycles. The molecule has 2 aliphatic heterocycles. The van der Waals surface area contributed by atoms with Gasteiger partial charge < -0.3 is 9.80 Å². The highest BCUT2D eigenvalue weighted by atomic mass is 16.2. The average molecular weight is 332 g/mol. The predicted octanol–water partition coefficient (Wildman–Crippen LogP) is 2.09. The van der Waals surface area contributed by atoms with Crippen LogP contribution < -0.4 is 0 Å². The molecule has 5 heteroatoms. The average Bonchev–Trinajstić information content (AvgIpc) is 2.65. The monoisotopic (exact) mass is 332 g/mol. The maximum atomic E-state index is 12.6. The van der Waals surface area contributed by atoms with Crippen molar-refractivity contribution in [2.75, 3.05) is 46.3 Å². The van der Waals surface area contributed by atoms with E-state index in [9.17, 15) is 4.79 Å². The van der Waals surface area contributed by atoms with Crippen LogP contribution in [0, 0.1) is 5.92 Å². The highest BCUT2D eigenvalue weighted by molar-refractivity contribution is 5.79. The summed E-state index contributed by atoms with van der Waals surface area (Å²) in [6.07, 6.45) is 5.68. The molecule has 2 saturated heterocycles. The van der Waals surface area contributed by atoms with E-state index in [1.54, 1.807) is 0 Å². The fraction of sp³-hybridized carbons (Fsp3) is 0.684. The normalized spacial score (nSPS) is 20.4. The summed E-state index contributed by atoms with van der Waals surface area (Å²) in [7, 11) is 2.12. The zero-order valence-electron chi connectivity index (χ0n) is 15.4. The molecule has 0 saturated carbocycles. The van der Waals surface area contributed by atoms with E-state index in [0.29, 0.717) is 5.91 Å². The van der Waals surface area contributed by atoms with E-state index < -0.39 is 0 Å². The molecule has 1 aromatic rings. The summed E-state index contributed by atoms with van der Waals surface area (Å²) in [5, 5.41) is 0. The minimum absolute atomic E-state index is 0.233. The van der Waals surface area contributed by atoms with Crippen LogP contribution in [0.4, 0.5) is 0 Å². The number of rotatable bonds is 3. The van der Waals surface area contributed by atoms with E-state index in [1.807, 2.05) is 26.2 Å². The lowest BCUT2D eigenvalue weighted by Gasteiger charge is -2.37. The van der Waals surface area contributed by atoms with Gasteiger partial charge in [-0.05, 0) is 50.7 Å². The van der Waals surface area contributed by atoms with Gasteiger partial charge in [0.2, 0.25) is 5.91 Å². The standard InChI is InChI=1S/C17H26N4O.C2H6/c1-19-10-12-21(13-11-19)17(22)16-4-8-20(9-5-16)14-15-2-6-18-7-3-15;1-2/h2-3,6-7,16H,4-5,8-14H2,1H3;1-2H3. The van der Waals surface area contributed by atoms with E-state index >= 15 is 0 Å². The number of piperidine rings is 1. The molecule has 134 valence electrons. The van der Waals surface area contributed by atoms with Gasteiger partial charge in [-0.3, -0.25) is 14.7 Å². The van der Waals surface area contributed by atoms with Gasteiger partial charge in [-0.25, -0.2) is 0 Å². The molecule has 5 nitrogen and oxygen atoms in total. The fourth-order valence-corrected chi connectivity index (χ4v) is 3.37. The first-order valence-electron chi connectivity index (χ1n) is 9.31. The predicted molar refractivity (Wildman–Crippen MR) is 97.7 cm³/mol. The molecule has 2 fully saturated rings. The topological polar surface area (TPSA) is 39.7 Å². The van der Waals surface area contributed by atoms with Gasteiger partial charge in [-0.15, -0.1) is 0 Å². The summed E-state index contributed by atoms with van der Waals surface area (Å²) in [6, 6.07) is 4.14. The number of piperazine rings is 1. The van der Waals surface area contributed by atoms with Crippen LogP contribution >= 0.6 is 0 Å². The fourth-order valence-electron chi connectivity index (χ4n) is 3.37. The molecule has 24 heavy (non-hydrogen) atoms. The van der Waals surface area contributed by atoms with Gasteiger partial charge in [0.25, 0.3) is 0 Å². The highest BCUT2D eigenvalue weighted by Crippen LogP contribution is 2.21. The second-order valence-electron chi connectivity index (χ2n) is 6.53. The lowest BCUT2D eigenvalue weighted by molar-refractivity contribution is -0.138. The number of likely N-dealkylation sites (N-methyl/N-ethyl adjacent to an activating group) is 1. The molecule has 1 aromatic heterocycles. The van der Waals surface area contributed by atoms with Crippen molar-refractivity contribution in [1.82, 2.24) is 19.7 Å². The Hall–Kier alpha value is -1.46. The SMILES string of the molecule is CC.CN1CCN(C(=O)C2CCN(Cc3ccncc3)CC2)CC1. The Kier molecular flexibility index (Phi) is 7.66. The maximum Gasteiger partial charge on any atom is 0.225 e. The Morgan fingerprint density at radius 2 is 1.62 bits per heavy atom. The minimum Gasteiger partial charge on any atom is -0.340 e. The van der Waals surface area contributed by atoms with Crippen LogP contribution in [0.3, 0.4) is 0 Å². The molecule has 0 unspecified atom stereocenters. The summed E-state index contributed by atoms with van der Waals surface area (Å²) in [6.45, 7) is 10.8. The number of aromatic nitrogens is 1. The number of hydrogen-bond acceptors (Lipinski definition) is 4. The second-order valence-corrected chi connectivity index (χ2v) is 6.53. The first kappa shape index (κ1) is 18.9. The molecule has 0 aliphatic carbocycles. The molecular formula is C19H32N4O. The van der Waals surface area contributed by atoms with Gasteiger partial charge in [-0.2, -0.15) is 0 Å². The lowest BCUT2D eigenvalue weighted by Crippen LogP contribution is -2.50. The number of hydrogen-bond donors (Lipinski definition) is 0. The molecule has 3 rings (SSSR count). The third-order valence-electron chi connectivity index (χ3n) is 4.91. The summed E-state index contributed by atoms with van der Waals surface area (Å²) >= 11 is 0. The number of likely N-dealkylation sites (tertiary alicyclic amines) is 1. The smallest absolute Gasteiger partial charge is 0.225 e. The minimum atomic E-state index is 0.233. The van der Waals surface area contributed by atoms with Gasteiger partial charge >= 0.3 is 0 Å². The van der Waals surface area contributed by atoms with Crippen LogP contribution in [-0.4, -0.2) is 71.9 Å². The maximum absolute atomic E-state index is 12.6. The summed E-state index contributed by atoms with van der Waals surface area (Å²) in [5.74, 6) is 0.619. The van der Waals surface area contributed by atoms with Crippen molar-refractivity contribution in [2.24, 2.45) is 5.92 Å². The van der Waals surface area contributed by atoms with Crippen molar-refractivity contribution in [3.8, 4) is 0 Å². The molecule has 0 spiro atoms. The van der Waals surface area contributed by atoms with Crippen LogP contribution in [0.15, 0.2) is 24.5 Å². The Balaban J connectivity index is 0.00000100. The van der Waals surface area contributed by atoms with E-state index in [-0.39, 0.29) is 5.92 Å². The number of carbonyl (C=O) groups excluding carboxylic acids is 1. The van der Waals surface area contributed by atoms with Gasteiger partial charge in [0.15, 0.2) is 0 Å². The van der Waals surface area contributed by atoms with Crippen LogP contribution in [0.25, 0.3) is 0 Å². The van der Waals surface area contributed by atoms with Crippen LogP contribution in [0.5, 0.6) is 0 Å². The number of pyridine rings is 1. The first-order chi connectivity index (χ1) is 11.7. The van der Waals surface area contributed by atoms with E-state index in [0.717, 1.165) is 58.7 Å². The lowest BCUT2D eigenvalue weighted by atomic mass is 9.94. The summed E-state index contributed by atoms with van der Waals surface area (Å²) < 4.78 is 0. The van der Waals surface area contributed by atoms with Crippen molar-refractivity contribution < 1.29 is 4.79 Å². The molecule has 0 aromatic carbocycles. The van der Waals surface area contributed by atoms with Crippen molar-refractivity contribution in [3.63, 3.8) is 0 Å². The zero-order chi connectivity index (χ0) is 17.4. The third kappa shape index (κ3) is 5.28. The highest BCUT2D eigenvalue weighted by Gasteiger charge is 2.29. The Morgan fingerprint density at radius 1 is 1.04 bits per heavy atom. The van der Waals surface area contributed by atoms with Crippen molar-refractivity contribution in [1.29, 1.82) is 0 Å². The van der Waals surface area contributed by atoms with Crippen molar-refractivity contribution in [2.45, 2.75) is 33.2 Å². The van der Waals surface area contributed by atoms with E-state index in [1.165, 1.54) is 5.56 Å². The number of amides is 1. The largest absolute Gasteiger partial charge is 0.340 e. The van der Waals surface area contributed by atoms with Crippen LogP contribution in [0.1, 0.15) is 32.3 Å². The molecule has 0 atom stereocenters. The molecular weight excluding hydrogens is 300 g/mol. The van der Waals surface area contributed by atoms with E-state index in [2.05, 4.69) is 38.9 Å². The first-order valence-corrected chi connectivity index (χ1v) is 9.31. The molecule has 2 aliphatic rings. The Bertz CT molecular complexity index is 477. The van der Waals surface area contributed by atoms with E-state index in [4.69, 9.17) is 0 Å². The van der Waals surface area contributed by atoms with Gasteiger partial charge in [-0.1, -0.05) is 13.8 Å². The molecule has 0 bridgehead atoms. The second kappa shape index (κ2) is 9.74. The molecule has 0 radical (unpaired) electrons. The van der Waals surface area contributed by atoms with Gasteiger partial charge in [0.05, 0.1) is 0 Å². The summed E-state index contributed by atoms with van der Waals surface area (Å²) in [5.41, 5.74) is 1.30.